The van der Waals surface area contributed by atoms with Crippen molar-refractivity contribution < 1.29 is 23.5 Å². The highest BCUT2D eigenvalue weighted by Gasteiger charge is 2.36. The summed E-state index contributed by atoms with van der Waals surface area (Å²) in [5, 5.41) is 2.56. The number of imide groups is 1. The second kappa shape index (κ2) is 10.5. The third-order valence-corrected chi connectivity index (χ3v) is 5.92. The van der Waals surface area contributed by atoms with Gasteiger partial charge in [0.15, 0.2) is 0 Å². The Morgan fingerprint density at radius 3 is 2.50 bits per heavy atom. The van der Waals surface area contributed by atoms with Gasteiger partial charge < -0.3 is 10.1 Å². The number of nitrogens with zero attached hydrogens (tertiary/aromatic N) is 1. The van der Waals surface area contributed by atoms with Crippen LogP contribution < -0.4 is 10.1 Å². The van der Waals surface area contributed by atoms with Gasteiger partial charge in [0.2, 0.25) is 5.91 Å². The van der Waals surface area contributed by atoms with Gasteiger partial charge in [0.25, 0.3) is 11.1 Å². The summed E-state index contributed by atoms with van der Waals surface area (Å²) in [5.74, 6) is -0.743. The molecule has 1 saturated heterocycles. The number of hydrogen-bond acceptors (Lipinski definition) is 5. The Bertz CT molecular complexity index is 1260. The summed E-state index contributed by atoms with van der Waals surface area (Å²) in [6, 6.07) is 19.6. The second-order valence-corrected chi connectivity index (χ2v) is 8.74. The van der Waals surface area contributed by atoms with Crippen molar-refractivity contribution >= 4 is 52.2 Å². The molecule has 1 aliphatic rings. The number of halogens is 2. The number of rotatable bonds is 7. The van der Waals surface area contributed by atoms with E-state index in [1.54, 1.807) is 66.7 Å². The lowest BCUT2D eigenvalue weighted by molar-refractivity contribution is -0.127. The lowest BCUT2D eigenvalue weighted by Gasteiger charge is -2.12. The van der Waals surface area contributed by atoms with Crippen molar-refractivity contribution in [2.45, 2.75) is 6.61 Å². The zero-order valence-electron chi connectivity index (χ0n) is 17.7. The quantitative estimate of drug-likeness (QED) is 0.422. The van der Waals surface area contributed by atoms with Crippen molar-refractivity contribution in [2.24, 2.45) is 0 Å². The van der Waals surface area contributed by atoms with E-state index in [0.717, 1.165) is 22.2 Å². The van der Waals surface area contributed by atoms with Crippen LogP contribution in [0.25, 0.3) is 6.08 Å². The first-order valence-electron chi connectivity index (χ1n) is 10.2. The van der Waals surface area contributed by atoms with E-state index in [4.69, 9.17) is 16.3 Å². The molecular weight excluding hydrogens is 479 g/mol. The first-order chi connectivity index (χ1) is 16.4. The van der Waals surface area contributed by atoms with Crippen LogP contribution in [0.2, 0.25) is 5.02 Å². The molecule has 1 aliphatic heterocycles. The average Bonchev–Trinajstić information content (AvgIpc) is 3.07. The summed E-state index contributed by atoms with van der Waals surface area (Å²) in [5.41, 5.74) is 2.00. The predicted molar refractivity (Wildman–Crippen MR) is 130 cm³/mol. The minimum absolute atomic E-state index is 0.223. The van der Waals surface area contributed by atoms with Gasteiger partial charge >= 0.3 is 0 Å². The molecule has 0 saturated carbocycles. The van der Waals surface area contributed by atoms with Crippen LogP contribution in [0.4, 0.5) is 14.9 Å². The third-order valence-electron chi connectivity index (χ3n) is 4.78. The molecule has 0 aliphatic carbocycles. The predicted octanol–water partition coefficient (Wildman–Crippen LogP) is 5.73. The molecule has 3 aromatic rings. The maximum atomic E-state index is 13.0. The van der Waals surface area contributed by atoms with E-state index in [0.29, 0.717) is 22.0 Å². The molecule has 4 rings (SSSR count). The van der Waals surface area contributed by atoms with Crippen molar-refractivity contribution in [3.05, 3.63) is 99.7 Å². The number of thioether (sulfide) groups is 1. The molecule has 0 spiro atoms. The number of nitrogens with one attached hydrogen (secondary N) is 1. The fourth-order valence-electron chi connectivity index (χ4n) is 3.11. The average molecular weight is 497 g/mol. The first kappa shape index (κ1) is 23.5. The van der Waals surface area contributed by atoms with Gasteiger partial charge in [0, 0.05) is 10.7 Å². The zero-order valence-corrected chi connectivity index (χ0v) is 19.2. The minimum Gasteiger partial charge on any atom is -0.489 e. The summed E-state index contributed by atoms with van der Waals surface area (Å²) >= 11 is 6.68. The monoisotopic (exact) mass is 496 g/mol. The highest BCUT2D eigenvalue weighted by atomic mass is 35.5. The third kappa shape index (κ3) is 6.03. The van der Waals surface area contributed by atoms with E-state index in [1.807, 2.05) is 0 Å². The Morgan fingerprint density at radius 1 is 1.06 bits per heavy atom. The van der Waals surface area contributed by atoms with Gasteiger partial charge in [-0.05, 0) is 71.4 Å². The maximum absolute atomic E-state index is 13.0. The van der Waals surface area contributed by atoms with Gasteiger partial charge in [-0.1, -0.05) is 41.9 Å². The summed E-state index contributed by atoms with van der Waals surface area (Å²) in [6.45, 7) is -0.111. The number of benzene rings is 3. The molecule has 6 nitrogen and oxygen atoms in total. The molecule has 1 fully saturated rings. The molecule has 0 unspecified atom stereocenters. The fraction of sp³-hybridized carbons (Fsp3) is 0.0800. The van der Waals surface area contributed by atoms with Crippen molar-refractivity contribution in [1.82, 2.24) is 4.90 Å². The van der Waals surface area contributed by atoms with Gasteiger partial charge in [-0.15, -0.1) is 0 Å². The van der Waals surface area contributed by atoms with Crippen LogP contribution in [0.5, 0.6) is 5.75 Å². The zero-order chi connectivity index (χ0) is 24.1. The molecule has 0 radical (unpaired) electrons. The van der Waals surface area contributed by atoms with Gasteiger partial charge in [-0.25, -0.2) is 4.39 Å². The molecule has 172 valence electrons. The minimum atomic E-state index is -0.534. The number of ether oxygens (including phenoxy) is 1. The topological polar surface area (TPSA) is 75.7 Å². The number of carbonyl (C=O) groups excluding carboxylic acids is 3. The van der Waals surface area contributed by atoms with E-state index < -0.39 is 23.6 Å². The van der Waals surface area contributed by atoms with E-state index in [2.05, 4.69) is 5.32 Å². The molecule has 1 heterocycles. The Labute approximate surface area is 204 Å². The number of carbonyl (C=O) groups is 3. The fourth-order valence-corrected chi connectivity index (χ4v) is 4.13. The second-order valence-electron chi connectivity index (χ2n) is 7.31. The molecule has 1 N–H and O–H groups in total. The number of amides is 3. The summed E-state index contributed by atoms with van der Waals surface area (Å²) in [6.07, 6.45) is 1.59. The van der Waals surface area contributed by atoms with Crippen LogP contribution in [0.1, 0.15) is 11.1 Å². The lowest BCUT2D eigenvalue weighted by atomic mass is 10.2. The Balaban J connectivity index is 1.35. The largest absolute Gasteiger partial charge is 0.489 e. The van der Waals surface area contributed by atoms with Crippen LogP contribution in [0.3, 0.4) is 0 Å². The van der Waals surface area contributed by atoms with Crippen LogP contribution in [0, 0.1) is 5.82 Å². The molecule has 34 heavy (non-hydrogen) atoms. The summed E-state index contributed by atoms with van der Waals surface area (Å²) in [7, 11) is 0. The summed E-state index contributed by atoms with van der Waals surface area (Å²) in [4.78, 5) is 38.4. The van der Waals surface area contributed by atoms with Crippen molar-refractivity contribution in [1.29, 1.82) is 0 Å². The van der Waals surface area contributed by atoms with Crippen LogP contribution in [-0.2, 0) is 16.2 Å². The molecule has 9 heteroatoms. The maximum Gasteiger partial charge on any atom is 0.294 e. The van der Waals surface area contributed by atoms with E-state index in [1.165, 1.54) is 12.1 Å². The Hall–Kier alpha value is -3.62. The highest BCUT2D eigenvalue weighted by molar-refractivity contribution is 8.18. The van der Waals surface area contributed by atoms with Crippen LogP contribution in [0.15, 0.2) is 77.7 Å². The van der Waals surface area contributed by atoms with E-state index in [-0.39, 0.29) is 17.3 Å². The Morgan fingerprint density at radius 2 is 1.79 bits per heavy atom. The van der Waals surface area contributed by atoms with E-state index >= 15 is 0 Å². The Kier molecular flexibility index (Phi) is 7.30. The first-order valence-corrected chi connectivity index (χ1v) is 11.3. The molecule has 0 atom stereocenters. The van der Waals surface area contributed by atoms with Crippen LogP contribution in [-0.4, -0.2) is 28.5 Å². The number of anilines is 1. The van der Waals surface area contributed by atoms with Gasteiger partial charge in [-0.3, -0.25) is 19.3 Å². The summed E-state index contributed by atoms with van der Waals surface area (Å²) < 4.78 is 18.7. The normalized spacial score (nSPS) is 14.5. The molecule has 0 aromatic heterocycles. The standard InChI is InChI=1S/C25H18ClFN2O4S/c26-18-2-1-3-20(13-18)28-23(30)14-29-24(31)22(34-25(29)32)12-16-6-10-21(11-7-16)33-15-17-4-8-19(27)9-5-17/h1-13H,14-15H2,(H,28,30)/b22-12-. The smallest absolute Gasteiger partial charge is 0.294 e. The SMILES string of the molecule is O=C(CN1C(=O)S/C(=C\c2ccc(OCc3ccc(F)cc3)cc2)C1=O)Nc1cccc(Cl)c1. The van der Waals surface area contributed by atoms with Crippen molar-refractivity contribution in [3.8, 4) is 5.75 Å². The molecule has 3 amide bonds. The van der Waals surface area contributed by atoms with Crippen molar-refractivity contribution in [2.75, 3.05) is 11.9 Å². The van der Waals surface area contributed by atoms with Gasteiger partial charge in [-0.2, -0.15) is 0 Å². The van der Waals surface area contributed by atoms with Crippen LogP contribution >= 0.6 is 23.4 Å². The van der Waals surface area contributed by atoms with E-state index in [9.17, 15) is 18.8 Å². The molecule has 3 aromatic carbocycles. The highest BCUT2D eigenvalue weighted by Crippen LogP contribution is 2.32. The van der Waals surface area contributed by atoms with Gasteiger partial charge in [0.05, 0.1) is 4.91 Å². The number of hydrogen-bond donors (Lipinski definition) is 1. The van der Waals surface area contributed by atoms with Crippen molar-refractivity contribution in [3.63, 3.8) is 0 Å². The van der Waals surface area contributed by atoms with Gasteiger partial charge in [0.1, 0.15) is 24.7 Å². The lowest BCUT2D eigenvalue weighted by Crippen LogP contribution is -2.36. The molecule has 0 bridgehead atoms. The molecular formula is C25H18ClFN2O4S.